The standard InChI is InChI=1S/C20H18N4O6S/c1-29-18-11-17(21-12-22-18)24-31(27,28)16-9-7-15(8-10-16)23-19(25)13-3-5-14(6-4-13)20(26)30-2/h3-12H,1-2H3,(H,23,25)(H,21,22,24). The highest BCUT2D eigenvalue weighted by Crippen LogP contribution is 2.19. The third kappa shape index (κ3) is 5.34. The number of ether oxygens (including phenoxy) is 2. The molecule has 3 rings (SSSR count). The molecule has 0 spiro atoms. The number of methoxy groups -OCH3 is 2. The first-order valence-corrected chi connectivity index (χ1v) is 10.3. The first kappa shape index (κ1) is 21.7. The molecule has 0 fully saturated rings. The van der Waals surface area contributed by atoms with Crippen LogP contribution in [-0.2, 0) is 14.8 Å². The van der Waals surface area contributed by atoms with E-state index in [9.17, 15) is 18.0 Å². The van der Waals surface area contributed by atoms with E-state index < -0.39 is 21.9 Å². The molecule has 11 heteroatoms. The summed E-state index contributed by atoms with van der Waals surface area (Å²) in [6.07, 6.45) is 1.17. The second kappa shape index (κ2) is 9.22. The lowest BCUT2D eigenvalue weighted by Gasteiger charge is -2.09. The van der Waals surface area contributed by atoms with Crippen LogP contribution in [-0.4, -0.2) is 44.5 Å². The summed E-state index contributed by atoms with van der Waals surface area (Å²) < 4.78 is 36.9. The maximum Gasteiger partial charge on any atom is 0.337 e. The van der Waals surface area contributed by atoms with Gasteiger partial charge in [-0.3, -0.25) is 9.52 Å². The lowest BCUT2D eigenvalue weighted by molar-refractivity contribution is 0.0600. The number of nitrogens with zero attached hydrogens (tertiary/aromatic N) is 2. The Labute approximate surface area is 178 Å². The number of aromatic nitrogens is 2. The molecule has 0 saturated carbocycles. The molecule has 0 unspecified atom stereocenters. The predicted octanol–water partition coefficient (Wildman–Crippen LogP) is 2.32. The Bertz CT molecular complexity index is 1200. The predicted molar refractivity (Wildman–Crippen MR) is 112 cm³/mol. The number of carbonyl (C=O) groups excluding carboxylic acids is 2. The van der Waals surface area contributed by atoms with Gasteiger partial charge in [-0.2, -0.15) is 0 Å². The minimum Gasteiger partial charge on any atom is -0.481 e. The second-order valence-corrected chi connectivity index (χ2v) is 7.78. The summed E-state index contributed by atoms with van der Waals surface area (Å²) in [5.74, 6) is -0.652. The first-order valence-electron chi connectivity index (χ1n) is 8.81. The van der Waals surface area contributed by atoms with Gasteiger partial charge in [-0.1, -0.05) is 0 Å². The molecule has 1 heterocycles. The van der Waals surface area contributed by atoms with Crippen LogP contribution in [0.2, 0.25) is 0 Å². The Morgan fingerprint density at radius 1 is 0.903 bits per heavy atom. The van der Waals surface area contributed by atoms with E-state index in [0.29, 0.717) is 16.8 Å². The average molecular weight is 442 g/mol. The van der Waals surface area contributed by atoms with E-state index in [1.54, 1.807) is 0 Å². The minimum absolute atomic E-state index is 0.0227. The third-order valence-corrected chi connectivity index (χ3v) is 5.45. The molecule has 31 heavy (non-hydrogen) atoms. The first-order chi connectivity index (χ1) is 14.8. The second-order valence-electron chi connectivity index (χ2n) is 6.10. The summed E-state index contributed by atoms with van der Waals surface area (Å²) in [4.78, 5) is 31.5. The van der Waals surface area contributed by atoms with Crippen LogP contribution in [0.5, 0.6) is 5.88 Å². The number of hydrogen-bond acceptors (Lipinski definition) is 8. The molecule has 0 aliphatic rings. The van der Waals surface area contributed by atoms with Crippen LogP contribution in [0.15, 0.2) is 65.8 Å². The molecule has 10 nitrogen and oxygen atoms in total. The highest BCUT2D eigenvalue weighted by Gasteiger charge is 2.16. The van der Waals surface area contributed by atoms with Gasteiger partial charge in [-0.05, 0) is 48.5 Å². The number of nitrogens with one attached hydrogen (secondary N) is 2. The molecule has 0 saturated heterocycles. The van der Waals surface area contributed by atoms with Crippen LogP contribution < -0.4 is 14.8 Å². The molecule has 1 amide bonds. The lowest BCUT2D eigenvalue weighted by Crippen LogP contribution is -2.15. The summed E-state index contributed by atoms with van der Waals surface area (Å²) in [6, 6.07) is 12.9. The van der Waals surface area contributed by atoms with Gasteiger partial charge >= 0.3 is 5.97 Å². The normalized spacial score (nSPS) is 10.8. The summed E-state index contributed by atoms with van der Waals surface area (Å²) in [5.41, 5.74) is 1.04. The Kier molecular flexibility index (Phi) is 6.46. The number of anilines is 2. The zero-order valence-electron chi connectivity index (χ0n) is 16.5. The van der Waals surface area contributed by atoms with Gasteiger partial charge in [0.05, 0.1) is 24.7 Å². The highest BCUT2D eigenvalue weighted by molar-refractivity contribution is 7.92. The topological polar surface area (TPSA) is 137 Å². The summed E-state index contributed by atoms with van der Waals surface area (Å²) in [5, 5.41) is 2.66. The van der Waals surface area contributed by atoms with E-state index in [1.165, 1.54) is 75.1 Å². The van der Waals surface area contributed by atoms with Gasteiger partial charge in [-0.25, -0.2) is 23.2 Å². The van der Waals surface area contributed by atoms with Crippen molar-refractivity contribution < 1.29 is 27.5 Å². The Morgan fingerprint density at radius 3 is 2.16 bits per heavy atom. The summed E-state index contributed by atoms with van der Waals surface area (Å²) >= 11 is 0. The van der Waals surface area contributed by atoms with Crippen LogP contribution in [0.3, 0.4) is 0 Å². The van der Waals surface area contributed by atoms with Gasteiger partial charge in [0.25, 0.3) is 15.9 Å². The number of amides is 1. The van der Waals surface area contributed by atoms with Crippen LogP contribution in [0.4, 0.5) is 11.5 Å². The van der Waals surface area contributed by atoms with Crippen molar-refractivity contribution in [3.8, 4) is 5.88 Å². The molecule has 0 bridgehead atoms. The number of sulfonamides is 1. The summed E-state index contributed by atoms with van der Waals surface area (Å²) in [6.45, 7) is 0. The zero-order chi connectivity index (χ0) is 22.4. The molecule has 0 aliphatic heterocycles. The van der Waals surface area contributed by atoms with E-state index in [1.807, 2.05) is 0 Å². The number of hydrogen-bond donors (Lipinski definition) is 2. The molecule has 0 radical (unpaired) electrons. The molecule has 2 N–H and O–H groups in total. The molecule has 0 atom stereocenters. The smallest absolute Gasteiger partial charge is 0.337 e. The Morgan fingerprint density at radius 2 is 1.55 bits per heavy atom. The van der Waals surface area contributed by atoms with Crippen LogP contribution >= 0.6 is 0 Å². The van der Waals surface area contributed by atoms with Crippen molar-refractivity contribution in [1.82, 2.24) is 9.97 Å². The van der Waals surface area contributed by atoms with Crippen LogP contribution in [0.1, 0.15) is 20.7 Å². The van der Waals surface area contributed by atoms with Crippen molar-refractivity contribution in [1.29, 1.82) is 0 Å². The van der Waals surface area contributed by atoms with Gasteiger partial charge in [0.15, 0.2) is 0 Å². The minimum atomic E-state index is -3.90. The van der Waals surface area contributed by atoms with Crippen molar-refractivity contribution in [3.05, 3.63) is 72.1 Å². The SMILES string of the molecule is COC(=O)c1ccc(C(=O)Nc2ccc(S(=O)(=O)Nc3cc(OC)ncn3)cc2)cc1. The van der Waals surface area contributed by atoms with Crippen LogP contribution in [0.25, 0.3) is 0 Å². The fourth-order valence-corrected chi connectivity index (χ4v) is 3.50. The van der Waals surface area contributed by atoms with Crippen molar-refractivity contribution in [2.45, 2.75) is 4.90 Å². The fraction of sp³-hybridized carbons (Fsp3) is 0.100. The van der Waals surface area contributed by atoms with E-state index in [2.05, 4.69) is 24.7 Å². The maximum absolute atomic E-state index is 12.5. The molecule has 2 aromatic carbocycles. The average Bonchev–Trinajstić information content (AvgIpc) is 2.78. The number of rotatable bonds is 7. The largest absolute Gasteiger partial charge is 0.481 e. The van der Waals surface area contributed by atoms with E-state index in [0.717, 1.165) is 0 Å². The highest BCUT2D eigenvalue weighted by atomic mass is 32.2. The van der Waals surface area contributed by atoms with E-state index >= 15 is 0 Å². The van der Waals surface area contributed by atoms with Crippen LogP contribution in [0, 0.1) is 0 Å². The molecular formula is C20H18N4O6S. The summed E-state index contributed by atoms with van der Waals surface area (Å²) in [7, 11) is -1.23. The molecule has 160 valence electrons. The molecular weight excluding hydrogens is 424 g/mol. The Balaban J connectivity index is 1.69. The molecule has 1 aromatic heterocycles. The fourth-order valence-electron chi connectivity index (χ4n) is 2.50. The number of benzene rings is 2. The van der Waals surface area contributed by atoms with Gasteiger partial charge in [0.1, 0.15) is 12.1 Å². The lowest BCUT2D eigenvalue weighted by atomic mass is 10.1. The van der Waals surface area contributed by atoms with Crippen molar-refractivity contribution in [3.63, 3.8) is 0 Å². The molecule has 0 aliphatic carbocycles. The van der Waals surface area contributed by atoms with Crippen molar-refractivity contribution in [2.75, 3.05) is 24.3 Å². The van der Waals surface area contributed by atoms with Gasteiger partial charge in [0.2, 0.25) is 5.88 Å². The van der Waals surface area contributed by atoms with E-state index in [4.69, 9.17) is 4.74 Å². The monoisotopic (exact) mass is 442 g/mol. The van der Waals surface area contributed by atoms with Gasteiger partial charge < -0.3 is 14.8 Å². The zero-order valence-corrected chi connectivity index (χ0v) is 17.3. The van der Waals surface area contributed by atoms with Crippen molar-refractivity contribution >= 4 is 33.4 Å². The van der Waals surface area contributed by atoms with Gasteiger partial charge in [-0.15, -0.1) is 0 Å². The maximum atomic E-state index is 12.5. The van der Waals surface area contributed by atoms with Gasteiger partial charge in [0, 0.05) is 17.3 Å². The number of carbonyl (C=O) groups is 2. The quantitative estimate of drug-likeness (QED) is 0.532. The van der Waals surface area contributed by atoms with E-state index in [-0.39, 0.29) is 16.6 Å². The van der Waals surface area contributed by atoms with Crippen molar-refractivity contribution in [2.24, 2.45) is 0 Å². The third-order valence-electron chi connectivity index (χ3n) is 4.08. The number of esters is 1. The molecule has 3 aromatic rings. The Hall–Kier alpha value is -3.99.